The first-order valence-electron chi connectivity index (χ1n) is 9.24. The van der Waals surface area contributed by atoms with Gasteiger partial charge in [0.15, 0.2) is 0 Å². The number of halogens is 1. The molecule has 140 valence electrons. The predicted octanol–water partition coefficient (Wildman–Crippen LogP) is 4.66. The molecule has 3 aromatic rings. The van der Waals surface area contributed by atoms with Crippen LogP contribution in [0.15, 0.2) is 66.7 Å². The van der Waals surface area contributed by atoms with Crippen molar-refractivity contribution in [2.45, 2.75) is 26.4 Å². The second-order valence-electron chi connectivity index (χ2n) is 6.99. The maximum atomic E-state index is 14.2. The maximum Gasteiger partial charge on any atom is 0.146 e. The zero-order valence-corrected chi connectivity index (χ0v) is 15.7. The third kappa shape index (κ3) is 4.79. The second-order valence-corrected chi connectivity index (χ2v) is 6.99. The van der Waals surface area contributed by atoms with Crippen LogP contribution in [0.1, 0.15) is 19.5 Å². The van der Waals surface area contributed by atoms with Crippen molar-refractivity contribution < 1.29 is 9.50 Å². The Bertz CT molecular complexity index is 881. The molecule has 0 saturated carbocycles. The van der Waals surface area contributed by atoms with Crippen molar-refractivity contribution in [2.24, 2.45) is 5.92 Å². The van der Waals surface area contributed by atoms with Crippen LogP contribution >= 0.6 is 0 Å². The van der Waals surface area contributed by atoms with E-state index in [0.717, 1.165) is 22.4 Å². The Labute approximate surface area is 159 Å². The molecule has 4 heteroatoms. The summed E-state index contributed by atoms with van der Waals surface area (Å²) in [4.78, 5) is 4.52. The zero-order chi connectivity index (χ0) is 19.2. The standard InChI is InChI=1S/C23H25FN2O/c1-16(2)23(15-27)25-14-22-20(24)11-12-21(26-22)19-10-6-9-18(13-19)17-7-4-3-5-8-17/h3-13,16,23,25,27H,14-15H2,1-2H3/t23-/m0/s1. The molecule has 1 heterocycles. The van der Waals surface area contributed by atoms with Gasteiger partial charge in [-0.25, -0.2) is 9.37 Å². The molecule has 0 aliphatic heterocycles. The number of aliphatic hydroxyl groups excluding tert-OH is 1. The third-order valence-corrected chi connectivity index (χ3v) is 4.72. The minimum Gasteiger partial charge on any atom is -0.395 e. The summed E-state index contributed by atoms with van der Waals surface area (Å²) in [7, 11) is 0. The Hall–Kier alpha value is -2.56. The van der Waals surface area contributed by atoms with Crippen LogP contribution in [0.25, 0.3) is 22.4 Å². The lowest BCUT2D eigenvalue weighted by atomic mass is 10.0. The summed E-state index contributed by atoms with van der Waals surface area (Å²) in [6, 6.07) is 21.3. The number of nitrogens with one attached hydrogen (secondary N) is 1. The van der Waals surface area contributed by atoms with E-state index in [-0.39, 0.29) is 30.9 Å². The van der Waals surface area contributed by atoms with Gasteiger partial charge >= 0.3 is 0 Å². The van der Waals surface area contributed by atoms with E-state index in [0.29, 0.717) is 5.69 Å². The molecule has 0 unspecified atom stereocenters. The number of rotatable bonds is 7. The van der Waals surface area contributed by atoms with Crippen molar-refractivity contribution in [1.29, 1.82) is 0 Å². The summed E-state index contributed by atoms with van der Waals surface area (Å²) in [6.07, 6.45) is 0. The molecule has 27 heavy (non-hydrogen) atoms. The highest BCUT2D eigenvalue weighted by Crippen LogP contribution is 2.26. The summed E-state index contributed by atoms with van der Waals surface area (Å²) in [5.41, 5.74) is 4.26. The lowest BCUT2D eigenvalue weighted by molar-refractivity contribution is 0.209. The van der Waals surface area contributed by atoms with Crippen molar-refractivity contribution in [3.05, 3.63) is 78.2 Å². The molecular formula is C23H25FN2O. The molecule has 0 spiro atoms. The number of benzene rings is 2. The molecule has 1 atom stereocenters. The molecule has 0 amide bonds. The summed E-state index contributed by atoms with van der Waals surface area (Å²) < 4.78 is 14.2. The molecule has 0 radical (unpaired) electrons. The van der Waals surface area contributed by atoms with Crippen LogP contribution in [0.3, 0.4) is 0 Å². The summed E-state index contributed by atoms with van der Waals surface area (Å²) in [5.74, 6) is -0.0882. The third-order valence-electron chi connectivity index (χ3n) is 4.72. The average Bonchev–Trinajstić information content (AvgIpc) is 2.70. The van der Waals surface area contributed by atoms with Crippen LogP contribution in [0.5, 0.6) is 0 Å². The van der Waals surface area contributed by atoms with Gasteiger partial charge in [-0.3, -0.25) is 0 Å². The summed E-state index contributed by atoms with van der Waals surface area (Å²) in [6.45, 7) is 4.33. The van der Waals surface area contributed by atoms with Gasteiger partial charge < -0.3 is 10.4 Å². The first-order valence-corrected chi connectivity index (χ1v) is 9.24. The van der Waals surface area contributed by atoms with Crippen LogP contribution in [0, 0.1) is 11.7 Å². The Balaban J connectivity index is 1.85. The Kier molecular flexibility index (Phi) is 6.32. The van der Waals surface area contributed by atoms with Gasteiger partial charge in [0.05, 0.1) is 18.0 Å². The molecule has 3 nitrogen and oxygen atoms in total. The van der Waals surface area contributed by atoms with Crippen LogP contribution in [0.2, 0.25) is 0 Å². The molecule has 0 aliphatic carbocycles. The smallest absolute Gasteiger partial charge is 0.146 e. The highest BCUT2D eigenvalue weighted by Gasteiger charge is 2.14. The topological polar surface area (TPSA) is 45.1 Å². The van der Waals surface area contributed by atoms with Gasteiger partial charge in [0, 0.05) is 18.2 Å². The highest BCUT2D eigenvalue weighted by atomic mass is 19.1. The van der Waals surface area contributed by atoms with Crippen LogP contribution in [-0.2, 0) is 6.54 Å². The Morgan fingerprint density at radius 2 is 1.63 bits per heavy atom. The van der Waals surface area contributed by atoms with E-state index >= 15 is 0 Å². The number of nitrogens with zero attached hydrogens (tertiary/aromatic N) is 1. The molecule has 1 aromatic heterocycles. The molecule has 0 bridgehead atoms. The van der Waals surface area contributed by atoms with Crippen molar-refractivity contribution in [3.63, 3.8) is 0 Å². The van der Waals surface area contributed by atoms with Crippen molar-refractivity contribution >= 4 is 0 Å². The monoisotopic (exact) mass is 364 g/mol. The van der Waals surface area contributed by atoms with Gasteiger partial charge in [0.25, 0.3) is 0 Å². The van der Waals surface area contributed by atoms with E-state index in [9.17, 15) is 9.50 Å². The van der Waals surface area contributed by atoms with Crippen molar-refractivity contribution in [3.8, 4) is 22.4 Å². The minimum absolute atomic E-state index is 0.0120. The van der Waals surface area contributed by atoms with Gasteiger partial charge in [0.1, 0.15) is 5.82 Å². The normalized spacial score (nSPS) is 12.3. The molecule has 2 aromatic carbocycles. The van der Waals surface area contributed by atoms with E-state index in [1.165, 1.54) is 6.07 Å². The quantitative estimate of drug-likeness (QED) is 0.641. The van der Waals surface area contributed by atoms with Gasteiger partial charge in [-0.1, -0.05) is 62.4 Å². The fourth-order valence-corrected chi connectivity index (χ4v) is 3.00. The highest BCUT2D eigenvalue weighted by molar-refractivity contribution is 5.71. The van der Waals surface area contributed by atoms with Crippen molar-refractivity contribution in [2.75, 3.05) is 6.61 Å². The number of hydrogen-bond donors (Lipinski definition) is 2. The van der Waals surface area contributed by atoms with E-state index < -0.39 is 0 Å². The van der Waals surface area contributed by atoms with Crippen LogP contribution in [-0.4, -0.2) is 22.7 Å². The number of pyridine rings is 1. The Morgan fingerprint density at radius 3 is 2.33 bits per heavy atom. The molecule has 3 rings (SSSR count). The molecular weight excluding hydrogens is 339 g/mol. The number of aliphatic hydroxyl groups is 1. The summed E-state index contributed by atoms with van der Waals surface area (Å²) >= 11 is 0. The average molecular weight is 364 g/mol. The van der Waals surface area contributed by atoms with Crippen molar-refractivity contribution in [1.82, 2.24) is 10.3 Å². The molecule has 0 aliphatic rings. The van der Waals surface area contributed by atoms with Gasteiger partial charge in [0.2, 0.25) is 0 Å². The van der Waals surface area contributed by atoms with Gasteiger partial charge in [-0.15, -0.1) is 0 Å². The first-order chi connectivity index (χ1) is 13.1. The van der Waals surface area contributed by atoms with Crippen LogP contribution < -0.4 is 5.32 Å². The largest absolute Gasteiger partial charge is 0.395 e. The lowest BCUT2D eigenvalue weighted by Gasteiger charge is -2.20. The predicted molar refractivity (Wildman–Crippen MR) is 108 cm³/mol. The van der Waals surface area contributed by atoms with Gasteiger partial charge in [-0.2, -0.15) is 0 Å². The SMILES string of the molecule is CC(C)[C@H](CO)NCc1nc(-c2cccc(-c3ccccc3)c2)ccc1F. The maximum absolute atomic E-state index is 14.2. The van der Waals surface area contributed by atoms with Crippen LogP contribution in [0.4, 0.5) is 4.39 Å². The van der Waals surface area contributed by atoms with E-state index in [1.807, 2.05) is 44.2 Å². The number of aromatic nitrogens is 1. The summed E-state index contributed by atoms with van der Waals surface area (Å²) in [5, 5.41) is 12.6. The van der Waals surface area contributed by atoms with Gasteiger partial charge in [-0.05, 0) is 35.2 Å². The Morgan fingerprint density at radius 1 is 0.926 bits per heavy atom. The first kappa shape index (κ1) is 19.2. The molecule has 0 fully saturated rings. The fourth-order valence-electron chi connectivity index (χ4n) is 3.00. The van der Waals surface area contributed by atoms with E-state index in [4.69, 9.17) is 0 Å². The molecule has 0 saturated heterocycles. The lowest BCUT2D eigenvalue weighted by Crippen LogP contribution is -2.36. The second kappa shape index (κ2) is 8.89. The zero-order valence-electron chi connectivity index (χ0n) is 15.7. The molecule has 2 N–H and O–H groups in total. The van der Waals surface area contributed by atoms with E-state index in [1.54, 1.807) is 6.07 Å². The van der Waals surface area contributed by atoms with E-state index in [2.05, 4.69) is 34.6 Å². The minimum atomic E-state index is -0.342. The fraction of sp³-hybridized carbons (Fsp3) is 0.261. The number of hydrogen-bond acceptors (Lipinski definition) is 3.